The second-order valence-corrected chi connectivity index (χ2v) is 7.51. The van der Waals surface area contributed by atoms with Gasteiger partial charge >= 0.3 is 29.4 Å². The Morgan fingerprint density at radius 3 is 2.38 bits per heavy atom. The van der Waals surface area contributed by atoms with Crippen LogP contribution in [-0.4, -0.2) is 62.3 Å². The van der Waals surface area contributed by atoms with Gasteiger partial charge in [0.05, 0.1) is 18.7 Å². The van der Waals surface area contributed by atoms with E-state index in [4.69, 9.17) is 18.9 Å². The van der Waals surface area contributed by atoms with Gasteiger partial charge in [0.25, 0.3) is 0 Å². The molecule has 0 bridgehead atoms. The van der Waals surface area contributed by atoms with Crippen LogP contribution in [0.2, 0.25) is 0 Å². The average molecular weight is 472 g/mol. The van der Waals surface area contributed by atoms with E-state index in [1.807, 2.05) is 6.07 Å². The van der Waals surface area contributed by atoms with Crippen molar-refractivity contribution >= 4 is 29.1 Å². The highest BCUT2D eigenvalue weighted by Crippen LogP contribution is 2.35. The molecule has 0 saturated carbocycles. The monoisotopic (exact) mass is 472 g/mol. The number of pyridine rings is 1. The maximum absolute atomic E-state index is 12.4. The maximum Gasteiger partial charge on any atom is 0.434 e. The number of fused-ring (bicyclic) bond motifs is 1. The number of imidazole rings is 1. The van der Waals surface area contributed by atoms with Crippen LogP contribution in [-0.2, 0) is 33.3 Å². The van der Waals surface area contributed by atoms with Crippen LogP contribution in [0, 0.1) is 0 Å². The van der Waals surface area contributed by atoms with Crippen molar-refractivity contribution in [2.45, 2.75) is 45.3 Å². The highest BCUT2D eigenvalue weighted by atomic mass is 16.7. The van der Waals surface area contributed by atoms with E-state index in [1.165, 1.54) is 31.7 Å². The lowest BCUT2D eigenvalue weighted by molar-refractivity contribution is -0.598. The third-order valence-corrected chi connectivity index (χ3v) is 5.01. The Labute approximate surface area is 192 Å². The van der Waals surface area contributed by atoms with Gasteiger partial charge in [-0.15, -0.1) is 0 Å². The molecule has 4 atom stereocenters. The summed E-state index contributed by atoms with van der Waals surface area (Å²) in [5.41, 5.74) is -0.156. The van der Waals surface area contributed by atoms with Gasteiger partial charge in [-0.3, -0.25) is 19.0 Å². The summed E-state index contributed by atoms with van der Waals surface area (Å²) < 4.78 is 24.9. The molecular weight excluding hydrogens is 450 g/mol. The number of carbonyl (C=O) groups is 3. The summed E-state index contributed by atoms with van der Waals surface area (Å²) in [5.74, 6) is -1.50. The number of rotatable bonds is 6. The lowest BCUT2D eigenvalue weighted by Gasteiger charge is -2.23. The Balaban J connectivity index is 1.80. The molecule has 13 heteroatoms. The van der Waals surface area contributed by atoms with Crippen LogP contribution < -0.4 is 10.3 Å². The Hall–Kier alpha value is -4.13. The van der Waals surface area contributed by atoms with Crippen molar-refractivity contribution in [1.29, 1.82) is 0 Å². The largest absolute Gasteiger partial charge is 0.463 e. The van der Waals surface area contributed by atoms with Gasteiger partial charge in [0, 0.05) is 20.8 Å². The molecule has 13 nitrogen and oxygen atoms in total. The number of ether oxygens (including phenoxy) is 4. The summed E-state index contributed by atoms with van der Waals surface area (Å²) >= 11 is 0. The SMILES string of the molecule is CC(=O)OC[C@H]1O[C@@H](n2cnc3c(-[n+]4ccccc4)[nH]c(=O)nc32)[C@H](OC(C)=O)[C@@H]1OC(C)=O. The van der Waals surface area contributed by atoms with Crippen LogP contribution in [0.3, 0.4) is 0 Å². The Bertz CT molecular complexity index is 1290. The summed E-state index contributed by atoms with van der Waals surface area (Å²) in [7, 11) is 0. The van der Waals surface area contributed by atoms with Crippen molar-refractivity contribution in [2.24, 2.45) is 0 Å². The molecule has 1 saturated heterocycles. The minimum atomic E-state index is -1.13. The van der Waals surface area contributed by atoms with E-state index in [-0.39, 0.29) is 12.3 Å². The number of nitrogens with one attached hydrogen (secondary N) is 1. The molecule has 0 unspecified atom stereocenters. The molecule has 0 amide bonds. The fourth-order valence-corrected chi connectivity index (χ4v) is 3.75. The fraction of sp³-hybridized carbons (Fsp3) is 0.381. The molecule has 178 valence electrons. The normalized spacial score (nSPS) is 21.9. The molecule has 0 radical (unpaired) electrons. The summed E-state index contributed by atoms with van der Waals surface area (Å²) in [4.78, 5) is 58.4. The van der Waals surface area contributed by atoms with Gasteiger partial charge < -0.3 is 18.9 Å². The van der Waals surface area contributed by atoms with Crippen LogP contribution in [0.5, 0.6) is 0 Å². The zero-order valence-corrected chi connectivity index (χ0v) is 18.5. The molecule has 3 aromatic heterocycles. The number of esters is 3. The van der Waals surface area contributed by atoms with E-state index in [9.17, 15) is 19.2 Å². The molecule has 1 N–H and O–H groups in total. The minimum absolute atomic E-state index is 0.145. The minimum Gasteiger partial charge on any atom is -0.463 e. The molecule has 4 heterocycles. The Kier molecular flexibility index (Phi) is 6.36. The predicted molar refractivity (Wildman–Crippen MR) is 111 cm³/mol. The molecule has 0 aromatic carbocycles. The van der Waals surface area contributed by atoms with Crippen molar-refractivity contribution in [2.75, 3.05) is 6.61 Å². The number of carbonyl (C=O) groups excluding carboxylic acids is 3. The van der Waals surface area contributed by atoms with Crippen LogP contribution in [0.15, 0.2) is 41.7 Å². The van der Waals surface area contributed by atoms with Crippen molar-refractivity contribution < 1.29 is 37.9 Å². The molecule has 3 aromatic rings. The van der Waals surface area contributed by atoms with E-state index >= 15 is 0 Å². The molecule has 1 fully saturated rings. The van der Waals surface area contributed by atoms with Gasteiger partial charge in [-0.2, -0.15) is 9.97 Å². The first-order valence-corrected chi connectivity index (χ1v) is 10.3. The fourth-order valence-electron chi connectivity index (χ4n) is 3.75. The van der Waals surface area contributed by atoms with Crippen LogP contribution in [0.4, 0.5) is 0 Å². The quantitative estimate of drug-likeness (QED) is 0.288. The molecule has 0 aliphatic carbocycles. The molecule has 1 aliphatic rings. The summed E-state index contributed by atoms with van der Waals surface area (Å²) in [6.07, 6.45) is 0.567. The lowest BCUT2D eigenvalue weighted by atomic mass is 10.1. The van der Waals surface area contributed by atoms with E-state index in [1.54, 1.807) is 29.1 Å². The molecule has 4 rings (SSSR count). The zero-order valence-electron chi connectivity index (χ0n) is 18.5. The summed E-state index contributed by atoms with van der Waals surface area (Å²) in [6.45, 7) is 3.35. The third kappa shape index (κ3) is 4.64. The number of H-pyrrole nitrogens is 1. The van der Waals surface area contributed by atoms with Gasteiger partial charge in [-0.05, 0) is 12.1 Å². The number of aromatic nitrogens is 5. The van der Waals surface area contributed by atoms with Gasteiger partial charge in [-0.1, -0.05) is 6.07 Å². The maximum atomic E-state index is 12.4. The van der Waals surface area contributed by atoms with Crippen LogP contribution in [0.25, 0.3) is 17.0 Å². The van der Waals surface area contributed by atoms with E-state index in [0.717, 1.165) is 0 Å². The van der Waals surface area contributed by atoms with Crippen molar-refractivity contribution in [3.05, 3.63) is 47.4 Å². The molecule has 0 spiro atoms. The van der Waals surface area contributed by atoms with E-state index in [2.05, 4.69) is 15.0 Å². The highest BCUT2D eigenvalue weighted by molar-refractivity contribution is 5.76. The van der Waals surface area contributed by atoms with E-state index in [0.29, 0.717) is 11.3 Å². The number of aromatic amines is 1. The van der Waals surface area contributed by atoms with Gasteiger partial charge in [0.2, 0.25) is 0 Å². The zero-order chi connectivity index (χ0) is 24.4. The lowest BCUT2D eigenvalue weighted by Crippen LogP contribution is -2.40. The van der Waals surface area contributed by atoms with Crippen molar-refractivity contribution in [3.8, 4) is 5.82 Å². The second kappa shape index (κ2) is 9.39. The summed E-state index contributed by atoms with van der Waals surface area (Å²) in [5, 5.41) is 0. The number of nitrogens with zero attached hydrogens (tertiary/aromatic N) is 4. The van der Waals surface area contributed by atoms with Crippen LogP contribution in [0.1, 0.15) is 27.0 Å². The first-order chi connectivity index (χ1) is 16.2. The number of hydrogen-bond acceptors (Lipinski definition) is 10. The first kappa shape index (κ1) is 23.0. The van der Waals surface area contributed by atoms with Crippen molar-refractivity contribution in [3.63, 3.8) is 0 Å². The van der Waals surface area contributed by atoms with Gasteiger partial charge in [-0.25, -0.2) is 14.3 Å². The topological polar surface area (TPSA) is 156 Å². The first-order valence-electron chi connectivity index (χ1n) is 10.3. The second-order valence-electron chi connectivity index (χ2n) is 7.51. The summed E-state index contributed by atoms with van der Waals surface area (Å²) in [6, 6.07) is 5.38. The smallest absolute Gasteiger partial charge is 0.434 e. The number of hydrogen-bond donors (Lipinski definition) is 1. The van der Waals surface area contributed by atoms with Crippen molar-refractivity contribution in [1.82, 2.24) is 19.5 Å². The van der Waals surface area contributed by atoms with Crippen LogP contribution >= 0.6 is 0 Å². The molecule has 34 heavy (non-hydrogen) atoms. The third-order valence-electron chi connectivity index (χ3n) is 5.01. The van der Waals surface area contributed by atoms with E-state index < -0.39 is 48.1 Å². The predicted octanol–water partition coefficient (Wildman–Crippen LogP) is -0.280. The molecular formula is C21H22N5O8+. The standard InChI is InChI=1S/C21H21N5O8/c1-11(27)31-9-14-16(32-12(2)28)17(33-13(3)29)20(34-14)26-10-22-15-18(23-21(30)24-19(15)26)25-7-5-4-6-8-25/h4-8,10,14,16-17,20H,9H2,1-3H3/p+1/t14-,16-,17-,20-/m1/s1. The molecule has 1 aliphatic heterocycles. The van der Waals surface area contributed by atoms with Gasteiger partial charge in [0.1, 0.15) is 12.7 Å². The highest BCUT2D eigenvalue weighted by Gasteiger charge is 2.51. The average Bonchev–Trinajstić information content (AvgIpc) is 3.33. The Morgan fingerprint density at radius 1 is 1.06 bits per heavy atom. The van der Waals surface area contributed by atoms with Gasteiger partial charge in [0.15, 0.2) is 29.6 Å². The Morgan fingerprint density at radius 2 is 1.74 bits per heavy atom.